The zero-order valence-electron chi connectivity index (χ0n) is 30.0. The Labute approximate surface area is 319 Å². The molecule has 0 aliphatic carbocycles. The number of amides is 2. The Hall–Kier alpha value is -5.52. The van der Waals surface area contributed by atoms with Crippen molar-refractivity contribution in [2.75, 3.05) is 53.6 Å². The number of halogens is 1. The lowest BCUT2D eigenvalue weighted by molar-refractivity contribution is -0.142. The second-order valence-corrected chi connectivity index (χ2v) is 15.1. The van der Waals surface area contributed by atoms with Gasteiger partial charge in [0.15, 0.2) is 0 Å². The van der Waals surface area contributed by atoms with Gasteiger partial charge in [-0.2, -0.15) is 0 Å². The van der Waals surface area contributed by atoms with E-state index in [1.54, 1.807) is 23.5 Å². The third-order valence-electron chi connectivity index (χ3n) is 11.3. The van der Waals surface area contributed by atoms with E-state index in [2.05, 4.69) is 44.5 Å². The average molecular weight is 743 g/mol. The maximum Gasteiger partial charge on any atom is 0.233 e. The molecule has 0 radical (unpaired) electrons. The van der Waals surface area contributed by atoms with Crippen molar-refractivity contribution in [3.63, 3.8) is 0 Å². The fraction of sp³-hybridized carbons (Fsp3) is 0.310. The highest BCUT2D eigenvalue weighted by Crippen LogP contribution is 2.44. The van der Waals surface area contributed by atoms with E-state index in [1.807, 2.05) is 65.6 Å². The van der Waals surface area contributed by atoms with Crippen molar-refractivity contribution in [1.29, 1.82) is 0 Å². The van der Waals surface area contributed by atoms with Crippen LogP contribution in [0.3, 0.4) is 0 Å². The van der Waals surface area contributed by atoms with E-state index in [-0.39, 0.29) is 18.2 Å². The number of anilines is 5. The number of nitrogens with two attached hydrogens (primary N) is 1. The fourth-order valence-electron chi connectivity index (χ4n) is 8.03. The number of nitrogens with zero attached hydrogens (tertiary/aromatic N) is 6. The molecule has 3 aromatic carbocycles. The number of piperidine rings is 2. The molecule has 12 heteroatoms. The molecule has 1 spiro atoms. The second kappa shape index (κ2) is 14.7. The smallest absolute Gasteiger partial charge is 0.233 e. The number of nitrogen functional groups attached to an aromatic ring is 1. The summed E-state index contributed by atoms with van der Waals surface area (Å²) in [4.78, 5) is 46.9. The van der Waals surface area contributed by atoms with Gasteiger partial charge in [-0.3, -0.25) is 14.6 Å². The van der Waals surface area contributed by atoms with Crippen LogP contribution in [0.2, 0.25) is 5.02 Å². The molecule has 3 fully saturated rings. The number of carbonyl (C=O) groups excluding carboxylic acids is 2. The third kappa shape index (κ3) is 7.34. The van der Waals surface area contributed by atoms with Gasteiger partial charge in [-0.05, 0) is 79.6 Å². The van der Waals surface area contributed by atoms with Crippen LogP contribution in [-0.4, -0.2) is 75.1 Å². The minimum absolute atomic E-state index is 0.0463. The summed E-state index contributed by atoms with van der Waals surface area (Å²) in [5.74, 6) is 0.373. The largest absolute Gasteiger partial charge is 0.399 e. The van der Waals surface area contributed by atoms with Crippen LogP contribution in [0.1, 0.15) is 38.5 Å². The van der Waals surface area contributed by atoms with Crippen LogP contribution >= 0.6 is 11.6 Å². The normalized spacial score (nSPS) is 17.9. The number of carbonyl (C=O) groups is 2. The highest BCUT2D eigenvalue weighted by atomic mass is 35.5. The molecule has 3 saturated heterocycles. The molecule has 5 heterocycles. The first kappa shape index (κ1) is 35.5. The zero-order chi connectivity index (χ0) is 37.3. The molecule has 8 rings (SSSR count). The topological polar surface area (TPSA) is 141 Å². The molecule has 11 nitrogen and oxygen atoms in total. The summed E-state index contributed by atoms with van der Waals surface area (Å²) in [5, 5.41) is 15.0. The maximum atomic E-state index is 14.0. The molecule has 3 aliphatic rings. The van der Waals surface area contributed by atoms with Gasteiger partial charge in [-0.1, -0.05) is 60.1 Å². The highest BCUT2D eigenvalue weighted by molar-refractivity contribution is 6.33. The van der Waals surface area contributed by atoms with Crippen LogP contribution in [-0.2, 0) is 9.59 Å². The van der Waals surface area contributed by atoms with Gasteiger partial charge in [0.1, 0.15) is 0 Å². The Morgan fingerprint density at radius 3 is 2.26 bits per heavy atom. The summed E-state index contributed by atoms with van der Waals surface area (Å²) in [7, 11) is 0. The van der Waals surface area contributed by atoms with Gasteiger partial charge < -0.3 is 30.9 Å². The molecular formula is C42H43ClN8O3. The first-order chi connectivity index (χ1) is 26.2. The van der Waals surface area contributed by atoms with Gasteiger partial charge in [0.05, 0.1) is 58.1 Å². The van der Waals surface area contributed by atoms with Crippen LogP contribution in [0, 0.1) is 5.41 Å². The Bertz CT molecular complexity index is 2150. The molecule has 3 aliphatic heterocycles. The minimum atomic E-state index is -1.03. The summed E-state index contributed by atoms with van der Waals surface area (Å²) in [6, 6.07) is 27.8. The van der Waals surface area contributed by atoms with Crippen molar-refractivity contribution >= 4 is 52.1 Å². The van der Waals surface area contributed by atoms with E-state index in [0.29, 0.717) is 98.6 Å². The summed E-state index contributed by atoms with van der Waals surface area (Å²) in [5.41, 5.74) is 11.0. The second-order valence-electron chi connectivity index (χ2n) is 14.7. The standard InChI is InChI=1S/C42H43ClN8O3/c43-36-28-46-40(48-38(36)31-8-4-7-30(23-31)29-5-2-1-3-6-29)47-33-24-35(27-45-26-33)51-22-15-41(39(51)53)13-18-50(19-14-41)37(52)25-42(54)16-20-49(21-17-42)34-11-9-32(44)10-12-34/h1-12,23-24,26-28,54H,13-22,25,44H2,(H,46,47,48). The molecule has 54 heavy (non-hydrogen) atoms. The number of hydrogen-bond donors (Lipinski definition) is 3. The molecule has 4 N–H and O–H groups in total. The van der Waals surface area contributed by atoms with Crippen LogP contribution < -0.4 is 20.9 Å². The number of benzene rings is 3. The van der Waals surface area contributed by atoms with Crippen molar-refractivity contribution in [3.8, 4) is 22.4 Å². The number of aromatic nitrogens is 3. The van der Waals surface area contributed by atoms with Crippen LogP contribution in [0.5, 0.6) is 0 Å². The van der Waals surface area contributed by atoms with Crippen molar-refractivity contribution in [2.24, 2.45) is 5.41 Å². The van der Waals surface area contributed by atoms with Gasteiger partial charge in [0, 0.05) is 49.7 Å². The SMILES string of the molecule is Nc1ccc(N2CCC(O)(CC(=O)N3CCC4(CC3)CCN(c3cncc(Nc5ncc(Cl)c(-c6cccc(-c7ccccc7)c6)n5)c3)C4=O)CC2)cc1. The van der Waals surface area contributed by atoms with E-state index in [1.165, 1.54) is 0 Å². The van der Waals surface area contributed by atoms with E-state index in [0.717, 1.165) is 22.4 Å². The van der Waals surface area contributed by atoms with E-state index in [9.17, 15) is 14.7 Å². The van der Waals surface area contributed by atoms with Crippen LogP contribution in [0.25, 0.3) is 22.4 Å². The van der Waals surface area contributed by atoms with E-state index < -0.39 is 11.0 Å². The summed E-state index contributed by atoms with van der Waals surface area (Å²) >= 11 is 6.59. The van der Waals surface area contributed by atoms with Crippen LogP contribution in [0.15, 0.2) is 104 Å². The molecule has 276 valence electrons. The van der Waals surface area contributed by atoms with Crippen molar-refractivity contribution in [1.82, 2.24) is 19.9 Å². The van der Waals surface area contributed by atoms with E-state index >= 15 is 0 Å². The molecular weight excluding hydrogens is 700 g/mol. The maximum absolute atomic E-state index is 14.0. The average Bonchev–Trinajstić information content (AvgIpc) is 3.51. The number of likely N-dealkylation sites (tertiary alicyclic amines) is 1. The van der Waals surface area contributed by atoms with Crippen LogP contribution in [0.4, 0.5) is 28.7 Å². The lowest BCUT2D eigenvalue weighted by Gasteiger charge is -2.42. The fourth-order valence-corrected chi connectivity index (χ4v) is 8.23. The number of aliphatic hydroxyl groups is 1. The molecule has 2 amide bonds. The molecule has 0 unspecified atom stereocenters. The van der Waals surface area contributed by atoms with Gasteiger partial charge in [-0.15, -0.1) is 0 Å². The molecule has 5 aromatic rings. The lowest BCUT2D eigenvalue weighted by atomic mass is 9.76. The number of hydrogen-bond acceptors (Lipinski definition) is 9. The zero-order valence-corrected chi connectivity index (χ0v) is 30.8. The Morgan fingerprint density at radius 2 is 1.50 bits per heavy atom. The number of nitrogens with one attached hydrogen (secondary N) is 1. The number of pyridine rings is 1. The van der Waals surface area contributed by atoms with Crippen molar-refractivity contribution in [2.45, 2.75) is 44.1 Å². The predicted octanol–water partition coefficient (Wildman–Crippen LogP) is 6.95. The molecule has 0 saturated carbocycles. The first-order valence-corrected chi connectivity index (χ1v) is 18.9. The van der Waals surface area contributed by atoms with Crippen molar-refractivity contribution in [3.05, 3.63) is 109 Å². The Balaban J connectivity index is 0.880. The summed E-state index contributed by atoms with van der Waals surface area (Å²) < 4.78 is 0. The lowest BCUT2D eigenvalue weighted by Crippen LogP contribution is -2.50. The highest BCUT2D eigenvalue weighted by Gasteiger charge is 2.49. The number of rotatable bonds is 8. The Morgan fingerprint density at radius 1 is 0.796 bits per heavy atom. The predicted molar refractivity (Wildman–Crippen MR) is 213 cm³/mol. The molecule has 0 atom stereocenters. The van der Waals surface area contributed by atoms with Gasteiger partial charge in [0.25, 0.3) is 0 Å². The van der Waals surface area contributed by atoms with Gasteiger partial charge in [-0.25, -0.2) is 9.97 Å². The summed E-state index contributed by atoms with van der Waals surface area (Å²) in [6.45, 7) is 2.91. The van der Waals surface area contributed by atoms with E-state index in [4.69, 9.17) is 22.3 Å². The third-order valence-corrected chi connectivity index (χ3v) is 11.6. The quantitative estimate of drug-likeness (QED) is 0.144. The summed E-state index contributed by atoms with van der Waals surface area (Å²) in [6.07, 6.45) is 7.98. The minimum Gasteiger partial charge on any atom is -0.399 e. The Kier molecular flexibility index (Phi) is 9.68. The monoisotopic (exact) mass is 742 g/mol. The first-order valence-electron chi connectivity index (χ1n) is 18.5. The van der Waals surface area contributed by atoms with Crippen molar-refractivity contribution < 1.29 is 14.7 Å². The molecule has 2 aromatic heterocycles. The van der Waals surface area contributed by atoms with Gasteiger partial charge >= 0.3 is 0 Å². The molecule has 0 bridgehead atoms. The van der Waals surface area contributed by atoms with Gasteiger partial charge in [0.2, 0.25) is 17.8 Å².